The Labute approximate surface area is 180 Å². The van der Waals surface area contributed by atoms with Crippen LogP contribution in [0.4, 0.5) is 0 Å². The average molecular weight is 442 g/mol. The smallest absolute Gasteiger partial charge is 0.354 e. The quantitative estimate of drug-likeness (QED) is 0.462. The number of ether oxygens (including phenoxy) is 1. The van der Waals surface area contributed by atoms with Gasteiger partial charge in [0, 0.05) is 24.4 Å². The Bertz CT molecular complexity index is 1160. The van der Waals surface area contributed by atoms with Gasteiger partial charge in [0.15, 0.2) is 5.78 Å². The van der Waals surface area contributed by atoms with Gasteiger partial charge in [0.2, 0.25) is 10.0 Å². The van der Waals surface area contributed by atoms with Gasteiger partial charge < -0.3 is 15.4 Å². The van der Waals surface area contributed by atoms with Gasteiger partial charge >= 0.3 is 5.97 Å². The molecule has 0 bridgehead atoms. The SMILES string of the molecule is CCOC(=O)C1=CC23C(=CCN1)C=CC=C2NCC3C(=O)c1ccc(S(N)(=O)=O)cc1. The molecule has 162 valence electrons. The zero-order valence-electron chi connectivity index (χ0n) is 16.9. The lowest BCUT2D eigenvalue weighted by Crippen LogP contribution is -2.36. The van der Waals surface area contributed by atoms with Crippen LogP contribution in [0, 0.1) is 11.3 Å². The molecule has 0 radical (unpaired) electrons. The van der Waals surface area contributed by atoms with Crippen LogP contribution in [-0.4, -0.2) is 39.9 Å². The summed E-state index contributed by atoms with van der Waals surface area (Å²) >= 11 is 0. The van der Waals surface area contributed by atoms with Crippen LogP contribution in [0.2, 0.25) is 0 Å². The van der Waals surface area contributed by atoms with Gasteiger partial charge in [0.25, 0.3) is 0 Å². The molecule has 2 atom stereocenters. The molecule has 4 rings (SSSR count). The predicted octanol–water partition coefficient (Wildman–Crippen LogP) is 1.15. The zero-order chi connectivity index (χ0) is 22.2. The molecule has 1 aliphatic carbocycles. The van der Waals surface area contributed by atoms with Crippen molar-refractivity contribution in [1.29, 1.82) is 0 Å². The van der Waals surface area contributed by atoms with Crippen LogP contribution in [0.3, 0.4) is 0 Å². The van der Waals surface area contributed by atoms with E-state index in [-0.39, 0.29) is 17.3 Å². The Morgan fingerprint density at radius 1 is 1.23 bits per heavy atom. The number of nitrogens with two attached hydrogens (primary N) is 1. The van der Waals surface area contributed by atoms with E-state index in [1.54, 1.807) is 13.0 Å². The first kappa shape index (κ1) is 21.1. The van der Waals surface area contributed by atoms with Crippen molar-refractivity contribution in [2.24, 2.45) is 16.5 Å². The maximum atomic E-state index is 13.6. The highest BCUT2D eigenvalue weighted by Gasteiger charge is 2.52. The fraction of sp³-hybridized carbons (Fsp3) is 0.273. The number of ketones is 1. The summed E-state index contributed by atoms with van der Waals surface area (Å²) < 4.78 is 28.3. The van der Waals surface area contributed by atoms with Crippen molar-refractivity contribution in [1.82, 2.24) is 10.6 Å². The number of primary sulfonamides is 1. The van der Waals surface area contributed by atoms with E-state index in [4.69, 9.17) is 9.88 Å². The first-order valence-corrected chi connectivity index (χ1v) is 11.5. The van der Waals surface area contributed by atoms with E-state index >= 15 is 0 Å². The number of Topliss-reactive ketones (excluding diaryl/α,β-unsaturated/α-hetero) is 1. The zero-order valence-corrected chi connectivity index (χ0v) is 17.7. The van der Waals surface area contributed by atoms with Crippen molar-refractivity contribution in [2.75, 3.05) is 19.7 Å². The second-order valence-electron chi connectivity index (χ2n) is 7.49. The van der Waals surface area contributed by atoms with Crippen molar-refractivity contribution in [2.45, 2.75) is 11.8 Å². The van der Waals surface area contributed by atoms with Crippen molar-refractivity contribution >= 4 is 21.8 Å². The van der Waals surface area contributed by atoms with Crippen LogP contribution < -0.4 is 15.8 Å². The van der Waals surface area contributed by atoms with E-state index in [1.165, 1.54) is 24.3 Å². The lowest BCUT2D eigenvalue weighted by atomic mass is 9.65. The largest absolute Gasteiger partial charge is 0.461 e. The molecular formula is C22H23N3O5S. The second kappa shape index (κ2) is 7.82. The molecule has 2 unspecified atom stereocenters. The molecule has 8 nitrogen and oxygen atoms in total. The topological polar surface area (TPSA) is 128 Å². The van der Waals surface area contributed by atoms with E-state index in [9.17, 15) is 18.0 Å². The highest BCUT2D eigenvalue weighted by Crippen LogP contribution is 2.51. The number of sulfonamides is 1. The van der Waals surface area contributed by atoms with Crippen molar-refractivity contribution in [3.05, 3.63) is 77.2 Å². The summed E-state index contributed by atoms with van der Waals surface area (Å²) in [7, 11) is -3.85. The number of nitrogens with one attached hydrogen (secondary N) is 2. The maximum absolute atomic E-state index is 13.6. The normalized spacial score (nSPS) is 24.3. The molecule has 9 heteroatoms. The van der Waals surface area contributed by atoms with Crippen LogP contribution >= 0.6 is 0 Å². The first-order chi connectivity index (χ1) is 14.8. The highest BCUT2D eigenvalue weighted by atomic mass is 32.2. The number of allylic oxidation sites excluding steroid dienone is 4. The van der Waals surface area contributed by atoms with Crippen LogP contribution in [0.25, 0.3) is 0 Å². The van der Waals surface area contributed by atoms with Gasteiger partial charge in [-0.05, 0) is 36.8 Å². The number of hydrogen-bond acceptors (Lipinski definition) is 7. The molecule has 0 aromatic heterocycles. The number of rotatable bonds is 5. The molecule has 0 amide bonds. The Balaban J connectivity index is 1.78. The molecule has 4 N–H and O–H groups in total. The third-order valence-corrected chi connectivity index (χ3v) is 6.70. The lowest BCUT2D eigenvalue weighted by molar-refractivity contribution is -0.139. The van der Waals surface area contributed by atoms with Gasteiger partial charge in [-0.1, -0.05) is 30.4 Å². The van der Waals surface area contributed by atoms with Crippen molar-refractivity contribution in [3.8, 4) is 0 Å². The Hall–Kier alpha value is -3.17. The van der Waals surface area contributed by atoms with Crippen molar-refractivity contribution < 1.29 is 22.7 Å². The van der Waals surface area contributed by atoms with E-state index < -0.39 is 27.3 Å². The number of carbonyl (C=O) groups excluding carboxylic acids is 2. The van der Waals surface area contributed by atoms with Crippen molar-refractivity contribution in [3.63, 3.8) is 0 Å². The summed E-state index contributed by atoms with van der Waals surface area (Å²) in [4.78, 5) is 26.0. The molecule has 2 heterocycles. The number of benzene rings is 1. The third-order valence-electron chi connectivity index (χ3n) is 5.77. The second-order valence-corrected chi connectivity index (χ2v) is 9.06. The van der Waals surface area contributed by atoms with Crippen LogP contribution in [0.1, 0.15) is 17.3 Å². The summed E-state index contributed by atoms with van der Waals surface area (Å²) in [6, 6.07) is 5.58. The first-order valence-electron chi connectivity index (χ1n) is 9.91. The minimum atomic E-state index is -3.85. The van der Waals surface area contributed by atoms with Gasteiger partial charge in [-0.3, -0.25) is 4.79 Å². The predicted molar refractivity (Wildman–Crippen MR) is 114 cm³/mol. The average Bonchev–Trinajstić information content (AvgIpc) is 2.99. The molecule has 1 saturated heterocycles. The van der Waals surface area contributed by atoms with Gasteiger partial charge in [-0.25, -0.2) is 18.4 Å². The number of carbonyl (C=O) groups is 2. The van der Waals surface area contributed by atoms with E-state index in [2.05, 4.69) is 10.6 Å². The van der Waals surface area contributed by atoms with E-state index in [0.717, 1.165) is 11.3 Å². The minimum Gasteiger partial charge on any atom is -0.461 e. The summed E-state index contributed by atoms with van der Waals surface area (Å²) in [5, 5.41) is 11.6. The number of esters is 1. The fourth-order valence-electron chi connectivity index (χ4n) is 4.34. The highest BCUT2D eigenvalue weighted by molar-refractivity contribution is 7.89. The Morgan fingerprint density at radius 2 is 1.97 bits per heavy atom. The summed E-state index contributed by atoms with van der Waals surface area (Å²) in [6.07, 6.45) is 9.49. The molecule has 0 saturated carbocycles. The molecular weight excluding hydrogens is 418 g/mol. The van der Waals surface area contributed by atoms with Gasteiger partial charge in [0.05, 0.1) is 22.8 Å². The van der Waals surface area contributed by atoms with Crippen LogP contribution in [-0.2, 0) is 19.6 Å². The minimum absolute atomic E-state index is 0.0586. The van der Waals surface area contributed by atoms with E-state index in [1.807, 2.05) is 24.3 Å². The molecule has 1 fully saturated rings. The molecule has 31 heavy (non-hydrogen) atoms. The monoisotopic (exact) mass is 441 g/mol. The summed E-state index contributed by atoms with van der Waals surface area (Å²) in [5.74, 6) is -1.19. The van der Waals surface area contributed by atoms with Gasteiger partial charge in [0.1, 0.15) is 5.70 Å². The molecule has 2 aliphatic heterocycles. The standard InChI is InChI=1S/C22H23N3O5S/c1-2-30-21(27)18-12-22-15(10-11-24-18)4-3-5-19(22)25-13-17(22)20(26)14-6-8-16(9-7-14)31(23,28)29/h3-10,12,17,24-25H,2,11,13H2,1H3,(H2,23,28,29). The Kier molecular flexibility index (Phi) is 5.32. The van der Waals surface area contributed by atoms with Crippen LogP contribution in [0.5, 0.6) is 0 Å². The lowest BCUT2D eigenvalue weighted by Gasteiger charge is -2.35. The maximum Gasteiger partial charge on any atom is 0.354 e. The summed E-state index contributed by atoms with van der Waals surface area (Å²) in [6.45, 7) is 2.77. The molecule has 1 spiro atoms. The Morgan fingerprint density at radius 3 is 2.65 bits per heavy atom. The molecule has 3 aliphatic rings. The fourth-order valence-corrected chi connectivity index (χ4v) is 4.86. The molecule has 1 aromatic carbocycles. The summed E-state index contributed by atoms with van der Waals surface area (Å²) in [5.41, 5.74) is 1.55. The van der Waals surface area contributed by atoms with E-state index in [0.29, 0.717) is 24.4 Å². The molecule has 1 aromatic rings. The van der Waals surface area contributed by atoms with Crippen LogP contribution in [0.15, 0.2) is 76.5 Å². The van der Waals surface area contributed by atoms with Gasteiger partial charge in [-0.2, -0.15) is 0 Å². The van der Waals surface area contributed by atoms with Gasteiger partial charge in [-0.15, -0.1) is 0 Å². The third kappa shape index (κ3) is 3.60. The number of hydrogen-bond donors (Lipinski definition) is 3.